The Bertz CT molecular complexity index is 867. The Kier molecular flexibility index (Phi) is 11.4. The Morgan fingerprint density at radius 1 is 1.21 bits per heavy atom. The zero-order chi connectivity index (χ0) is 25.3. The topological polar surface area (TPSA) is 154 Å². The van der Waals surface area contributed by atoms with Gasteiger partial charge < -0.3 is 41.0 Å². The van der Waals surface area contributed by atoms with Crippen molar-refractivity contribution in [3.05, 3.63) is 28.9 Å². The minimum Gasteiger partial charge on any atom is -0.506 e. The highest BCUT2D eigenvalue weighted by molar-refractivity contribution is 5.94. The lowest BCUT2D eigenvalue weighted by atomic mass is 9.92. The molecular formula is C24H38N2O7. The van der Waals surface area contributed by atoms with Gasteiger partial charge in [-0.05, 0) is 31.9 Å². The number of aliphatic hydroxyl groups excluding tert-OH is 2. The molecule has 0 aliphatic rings. The fourth-order valence-electron chi connectivity index (χ4n) is 3.51. The fourth-order valence-corrected chi connectivity index (χ4v) is 3.51. The number of methoxy groups -OCH3 is 2. The number of hydrogen-bond donors (Lipinski definition) is 6. The van der Waals surface area contributed by atoms with Crippen molar-refractivity contribution in [2.75, 3.05) is 31.9 Å². The number of carbonyl (C=O) groups excluding carboxylic acids is 1. The first-order chi connectivity index (χ1) is 15.4. The van der Waals surface area contributed by atoms with Crippen LogP contribution in [0, 0.1) is 5.92 Å². The van der Waals surface area contributed by atoms with Crippen molar-refractivity contribution in [3.8, 4) is 11.5 Å². The van der Waals surface area contributed by atoms with Crippen molar-refractivity contribution < 1.29 is 34.7 Å². The number of hydrogen-bond acceptors (Lipinski definition) is 8. The lowest BCUT2D eigenvalue weighted by Crippen LogP contribution is -2.33. The third-order valence-corrected chi connectivity index (χ3v) is 5.45. The van der Waals surface area contributed by atoms with E-state index in [-0.39, 0.29) is 34.4 Å². The van der Waals surface area contributed by atoms with Gasteiger partial charge in [-0.2, -0.15) is 0 Å². The first-order valence-electron chi connectivity index (χ1n) is 10.8. The van der Waals surface area contributed by atoms with E-state index in [2.05, 4.69) is 5.32 Å². The van der Waals surface area contributed by atoms with Gasteiger partial charge in [-0.15, -0.1) is 0 Å². The third-order valence-electron chi connectivity index (χ3n) is 5.45. The Balaban J connectivity index is 3.07. The van der Waals surface area contributed by atoms with Crippen LogP contribution in [0.4, 0.5) is 11.4 Å². The van der Waals surface area contributed by atoms with Crippen LogP contribution in [0.15, 0.2) is 23.3 Å². The first kappa shape index (κ1) is 28.4. The summed E-state index contributed by atoms with van der Waals surface area (Å²) in [5.41, 5.74) is 7.55. The molecule has 4 atom stereocenters. The summed E-state index contributed by atoms with van der Waals surface area (Å²) >= 11 is 0. The minimum atomic E-state index is -0.868. The van der Waals surface area contributed by atoms with Crippen molar-refractivity contribution in [1.82, 2.24) is 0 Å². The molecule has 0 saturated heterocycles. The fraction of sp³-hybridized carbons (Fsp3) is 0.542. The number of phenolic OH excluding ortho intramolecular Hbond substituents is 2. The molecule has 1 aromatic rings. The zero-order valence-corrected chi connectivity index (χ0v) is 20.3. The largest absolute Gasteiger partial charge is 0.506 e. The molecule has 0 aromatic heterocycles. The molecule has 0 bridgehead atoms. The van der Waals surface area contributed by atoms with Crippen molar-refractivity contribution in [1.29, 1.82) is 0 Å². The van der Waals surface area contributed by atoms with Crippen LogP contribution >= 0.6 is 0 Å². The van der Waals surface area contributed by atoms with Crippen LogP contribution in [0.3, 0.4) is 0 Å². The molecule has 0 heterocycles. The van der Waals surface area contributed by atoms with E-state index in [0.29, 0.717) is 19.4 Å². The van der Waals surface area contributed by atoms with Crippen LogP contribution < -0.4 is 11.1 Å². The van der Waals surface area contributed by atoms with Crippen LogP contribution in [-0.4, -0.2) is 65.5 Å². The normalized spacial score (nSPS) is 16.2. The summed E-state index contributed by atoms with van der Waals surface area (Å²) in [5.74, 6) is -1.26. The third kappa shape index (κ3) is 8.36. The maximum atomic E-state index is 11.4. The maximum absolute atomic E-state index is 11.4. The number of rotatable bonds is 12. The summed E-state index contributed by atoms with van der Waals surface area (Å²) < 4.78 is 10.5. The number of aliphatic hydroxyl groups is 2. The van der Waals surface area contributed by atoms with E-state index in [4.69, 9.17) is 15.2 Å². The summed E-state index contributed by atoms with van der Waals surface area (Å²) in [6, 6.07) is 1.18. The molecule has 1 rings (SSSR count). The van der Waals surface area contributed by atoms with Gasteiger partial charge in [0.25, 0.3) is 0 Å². The molecular weight excluding hydrogens is 428 g/mol. The molecule has 1 aromatic carbocycles. The lowest BCUT2D eigenvalue weighted by Gasteiger charge is -2.26. The number of anilines is 2. The molecule has 0 radical (unpaired) electrons. The average Bonchev–Trinajstić information content (AvgIpc) is 2.75. The highest BCUT2D eigenvalue weighted by atomic mass is 16.5. The molecule has 0 spiro atoms. The molecule has 0 fully saturated rings. The summed E-state index contributed by atoms with van der Waals surface area (Å²) in [6.45, 7) is 7.13. The SMILES string of the molecule is COCCC(O)C(C)=CC(C)C(O)C(C/C(C)=C\c1c(N)c(O)cc(NC(C)=O)c1O)OC. The number of aromatic hydroxyl groups is 2. The first-order valence-corrected chi connectivity index (χ1v) is 10.8. The number of phenols is 2. The van der Waals surface area contributed by atoms with Crippen LogP contribution in [0.25, 0.3) is 6.08 Å². The monoisotopic (exact) mass is 466 g/mol. The number of nitrogen functional groups attached to an aromatic ring is 1. The van der Waals surface area contributed by atoms with E-state index < -0.39 is 24.2 Å². The van der Waals surface area contributed by atoms with Crippen LogP contribution in [0.1, 0.15) is 46.1 Å². The van der Waals surface area contributed by atoms with Crippen LogP contribution in [0.2, 0.25) is 0 Å². The molecule has 9 heteroatoms. The Morgan fingerprint density at radius 3 is 2.39 bits per heavy atom. The summed E-state index contributed by atoms with van der Waals surface area (Å²) in [7, 11) is 3.06. The molecule has 1 amide bonds. The second-order valence-corrected chi connectivity index (χ2v) is 8.33. The Hall–Kier alpha value is -2.59. The van der Waals surface area contributed by atoms with E-state index in [1.165, 1.54) is 20.1 Å². The smallest absolute Gasteiger partial charge is 0.221 e. The van der Waals surface area contributed by atoms with E-state index >= 15 is 0 Å². The summed E-state index contributed by atoms with van der Waals surface area (Å²) in [5, 5.41) is 44.1. The second kappa shape index (κ2) is 13.2. The number of nitrogens with one attached hydrogen (secondary N) is 1. The number of ether oxygens (including phenoxy) is 2. The summed E-state index contributed by atoms with van der Waals surface area (Å²) in [6.07, 6.45) is 2.07. The molecule has 7 N–H and O–H groups in total. The molecule has 0 aliphatic carbocycles. The molecule has 33 heavy (non-hydrogen) atoms. The highest BCUT2D eigenvalue weighted by Crippen LogP contribution is 2.40. The van der Waals surface area contributed by atoms with E-state index in [0.717, 1.165) is 11.1 Å². The number of nitrogens with two attached hydrogens (primary N) is 1. The number of amides is 1. The number of carbonyl (C=O) groups is 1. The second-order valence-electron chi connectivity index (χ2n) is 8.33. The van der Waals surface area contributed by atoms with Gasteiger partial charge in [-0.1, -0.05) is 18.6 Å². The predicted octanol–water partition coefficient (Wildman–Crippen LogP) is 2.79. The van der Waals surface area contributed by atoms with E-state index in [1.807, 2.05) is 13.0 Å². The van der Waals surface area contributed by atoms with Crippen molar-refractivity contribution in [2.45, 2.75) is 58.8 Å². The van der Waals surface area contributed by atoms with Gasteiger partial charge in [0, 0.05) is 51.7 Å². The Labute approximate surface area is 195 Å². The van der Waals surface area contributed by atoms with Gasteiger partial charge in [-0.25, -0.2) is 0 Å². The predicted molar refractivity (Wildman–Crippen MR) is 129 cm³/mol. The molecule has 186 valence electrons. The molecule has 0 aliphatic heterocycles. The number of benzene rings is 1. The molecule has 4 unspecified atom stereocenters. The van der Waals surface area contributed by atoms with Gasteiger partial charge in [0.1, 0.15) is 11.5 Å². The van der Waals surface area contributed by atoms with E-state index in [1.54, 1.807) is 27.0 Å². The van der Waals surface area contributed by atoms with Crippen molar-refractivity contribution in [2.24, 2.45) is 5.92 Å². The van der Waals surface area contributed by atoms with Gasteiger partial charge >= 0.3 is 0 Å². The Morgan fingerprint density at radius 2 is 1.85 bits per heavy atom. The van der Waals surface area contributed by atoms with Gasteiger partial charge in [0.2, 0.25) is 5.91 Å². The molecule has 9 nitrogen and oxygen atoms in total. The zero-order valence-electron chi connectivity index (χ0n) is 20.3. The molecule has 0 saturated carbocycles. The minimum absolute atomic E-state index is 0.0348. The lowest BCUT2D eigenvalue weighted by molar-refractivity contribution is -0.114. The standard InChI is InChI=1S/C24H38N2O7/c1-13(9-17-22(25)20(29)12-18(24(17)31)26-16(4)27)10-21(33-6)23(30)15(3)11-14(2)19(28)7-8-32-5/h9,11-12,15,19,21,23,28-31H,7-8,10,25H2,1-6H3,(H,26,27)/b13-9-,14-11?. The van der Waals surface area contributed by atoms with Crippen molar-refractivity contribution >= 4 is 23.4 Å². The summed E-state index contributed by atoms with van der Waals surface area (Å²) in [4.78, 5) is 11.4. The maximum Gasteiger partial charge on any atom is 0.221 e. The van der Waals surface area contributed by atoms with E-state index in [9.17, 15) is 25.2 Å². The van der Waals surface area contributed by atoms with Gasteiger partial charge in [-0.3, -0.25) is 4.79 Å². The van der Waals surface area contributed by atoms with Crippen LogP contribution in [-0.2, 0) is 14.3 Å². The highest BCUT2D eigenvalue weighted by Gasteiger charge is 2.25. The average molecular weight is 467 g/mol. The van der Waals surface area contributed by atoms with Gasteiger partial charge in [0.15, 0.2) is 0 Å². The van der Waals surface area contributed by atoms with Crippen LogP contribution in [0.5, 0.6) is 11.5 Å². The van der Waals surface area contributed by atoms with Crippen molar-refractivity contribution in [3.63, 3.8) is 0 Å². The van der Waals surface area contributed by atoms with Gasteiger partial charge in [0.05, 0.1) is 29.7 Å². The quantitative estimate of drug-likeness (QED) is 0.119.